The molecule has 0 aromatic carbocycles. The Morgan fingerprint density at radius 1 is 1.55 bits per heavy atom. The third-order valence-corrected chi connectivity index (χ3v) is 2.57. The second-order valence-corrected chi connectivity index (χ2v) is 3.30. The number of hydrogen-bond donors (Lipinski definition) is 1. The van der Waals surface area contributed by atoms with E-state index in [4.69, 9.17) is 16.7 Å². The van der Waals surface area contributed by atoms with Gasteiger partial charge in [0.15, 0.2) is 0 Å². The van der Waals surface area contributed by atoms with Crippen molar-refractivity contribution in [2.24, 2.45) is 0 Å². The Hall–Kier alpha value is -0.120. The molecule has 1 rings (SSSR count). The third-order valence-electron chi connectivity index (χ3n) is 1.29. The maximum Gasteiger partial charge on any atom is 0.0611 e. The molecule has 0 atom stereocenters. The molecule has 4 heteroatoms. The lowest BCUT2D eigenvalue weighted by Gasteiger charge is -2.01. The number of pyridine rings is 1. The van der Waals surface area contributed by atoms with E-state index >= 15 is 0 Å². The van der Waals surface area contributed by atoms with E-state index in [9.17, 15) is 0 Å². The first-order valence-corrected chi connectivity index (χ1v) is 4.31. The SMILES string of the molecule is OCCc1cncc(Br)c1Cl. The number of halogens is 2. The standard InChI is InChI=1S/C7H7BrClNO/c8-6-4-10-3-5(1-2-11)7(6)9/h3-4,11H,1-2H2. The number of aliphatic hydroxyl groups excluding tert-OH is 1. The molecule has 0 aliphatic carbocycles. The van der Waals surface area contributed by atoms with Crippen LogP contribution >= 0.6 is 27.5 Å². The lowest BCUT2D eigenvalue weighted by molar-refractivity contribution is 0.299. The summed E-state index contributed by atoms with van der Waals surface area (Å²) in [7, 11) is 0. The molecule has 0 aliphatic heterocycles. The van der Waals surface area contributed by atoms with Gasteiger partial charge >= 0.3 is 0 Å². The summed E-state index contributed by atoms with van der Waals surface area (Å²) in [6.07, 6.45) is 3.83. The highest BCUT2D eigenvalue weighted by Gasteiger charge is 2.02. The molecule has 0 saturated carbocycles. The molecule has 1 N–H and O–H groups in total. The van der Waals surface area contributed by atoms with Crippen molar-refractivity contribution in [2.45, 2.75) is 6.42 Å². The fourth-order valence-electron chi connectivity index (χ4n) is 0.754. The van der Waals surface area contributed by atoms with Gasteiger partial charge in [-0.05, 0) is 27.9 Å². The monoisotopic (exact) mass is 235 g/mol. The molecular weight excluding hydrogens is 229 g/mol. The van der Waals surface area contributed by atoms with Crippen LogP contribution in [-0.2, 0) is 6.42 Å². The van der Waals surface area contributed by atoms with Gasteiger partial charge < -0.3 is 5.11 Å². The molecule has 60 valence electrons. The lowest BCUT2D eigenvalue weighted by atomic mass is 10.2. The molecule has 0 bridgehead atoms. The second-order valence-electron chi connectivity index (χ2n) is 2.07. The molecule has 1 heterocycles. The van der Waals surface area contributed by atoms with Gasteiger partial charge in [0.1, 0.15) is 0 Å². The molecular formula is C7H7BrClNO. The summed E-state index contributed by atoms with van der Waals surface area (Å²) in [5.74, 6) is 0. The zero-order valence-electron chi connectivity index (χ0n) is 5.72. The highest BCUT2D eigenvalue weighted by atomic mass is 79.9. The van der Waals surface area contributed by atoms with Crippen molar-refractivity contribution < 1.29 is 5.11 Å². The van der Waals surface area contributed by atoms with Crippen molar-refractivity contribution in [2.75, 3.05) is 6.61 Å². The fraction of sp³-hybridized carbons (Fsp3) is 0.286. The van der Waals surface area contributed by atoms with Crippen molar-refractivity contribution in [1.82, 2.24) is 4.98 Å². The first-order chi connectivity index (χ1) is 5.25. The number of rotatable bonds is 2. The fourth-order valence-corrected chi connectivity index (χ4v) is 1.32. The lowest BCUT2D eigenvalue weighted by Crippen LogP contribution is -1.93. The van der Waals surface area contributed by atoms with Crippen LogP contribution in [0.4, 0.5) is 0 Å². The van der Waals surface area contributed by atoms with Crippen LogP contribution in [0.1, 0.15) is 5.56 Å². The van der Waals surface area contributed by atoms with Crippen LogP contribution in [0.2, 0.25) is 5.02 Å². The van der Waals surface area contributed by atoms with Crippen molar-refractivity contribution in [3.8, 4) is 0 Å². The van der Waals surface area contributed by atoms with Crippen LogP contribution in [0.15, 0.2) is 16.9 Å². The largest absolute Gasteiger partial charge is 0.396 e. The van der Waals surface area contributed by atoms with E-state index in [0.29, 0.717) is 11.4 Å². The van der Waals surface area contributed by atoms with Crippen LogP contribution in [0.5, 0.6) is 0 Å². The van der Waals surface area contributed by atoms with Crippen molar-refractivity contribution >= 4 is 27.5 Å². The molecule has 0 fully saturated rings. The summed E-state index contributed by atoms with van der Waals surface area (Å²) in [5, 5.41) is 9.27. The average Bonchev–Trinajstić information content (AvgIpc) is 1.99. The minimum Gasteiger partial charge on any atom is -0.396 e. The number of aliphatic hydroxyl groups is 1. The van der Waals surface area contributed by atoms with Gasteiger partial charge in [-0.3, -0.25) is 4.98 Å². The van der Waals surface area contributed by atoms with Crippen LogP contribution in [0.25, 0.3) is 0 Å². The summed E-state index contributed by atoms with van der Waals surface area (Å²) in [6.45, 7) is 0.0951. The minimum atomic E-state index is 0.0951. The van der Waals surface area contributed by atoms with E-state index in [1.807, 2.05) is 0 Å². The van der Waals surface area contributed by atoms with Crippen molar-refractivity contribution in [3.05, 3.63) is 27.5 Å². The molecule has 11 heavy (non-hydrogen) atoms. The van der Waals surface area contributed by atoms with E-state index in [0.717, 1.165) is 10.0 Å². The van der Waals surface area contributed by atoms with Crippen LogP contribution in [0.3, 0.4) is 0 Å². The molecule has 2 nitrogen and oxygen atoms in total. The molecule has 1 aromatic heterocycles. The maximum atomic E-state index is 8.63. The third kappa shape index (κ3) is 2.15. The quantitative estimate of drug-likeness (QED) is 0.852. The van der Waals surface area contributed by atoms with Gasteiger partial charge in [-0.1, -0.05) is 11.6 Å². The number of aromatic nitrogens is 1. The average molecular weight is 236 g/mol. The van der Waals surface area contributed by atoms with Gasteiger partial charge in [0, 0.05) is 19.0 Å². The van der Waals surface area contributed by atoms with Gasteiger partial charge in [-0.2, -0.15) is 0 Å². The first-order valence-electron chi connectivity index (χ1n) is 3.14. The summed E-state index contributed by atoms with van der Waals surface area (Å²) < 4.78 is 0.769. The van der Waals surface area contributed by atoms with E-state index in [2.05, 4.69) is 20.9 Å². The predicted molar refractivity (Wildman–Crippen MR) is 47.7 cm³/mol. The Morgan fingerprint density at radius 2 is 2.27 bits per heavy atom. The topological polar surface area (TPSA) is 33.1 Å². The molecule has 0 saturated heterocycles. The summed E-state index contributed by atoms with van der Waals surface area (Å²) in [5.41, 5.74) is 0.864. The summed E-state index contributed by atoms with van der Waals surface area (Å²) in [6, 6.07) is 0. The van der Waals surface area contributed by atoms with Crippen molar-refractivity contribution in [3.63, 3.8) is 0 Å². The number of hydrogen-bond acceptors (Lipinski definition) is 2. The van der Waals surface area contributed by atoms with E-state index in [1.165, 1.54) is 0 Å². The van der Waals surface area contributed by atoms with E-state index < -0.39 is 0 Å². The smallest absolute Gasteiger partial charge is 0.0611 e. The van der Waals surface area contributed by atoms with Crippen LogP contribution < -0.4 is 0 Å². The Kier molecular flexibility index (Phi) is 3.30. The molecule has 0 amide bonds. The summed E-state index contributed by atoms with van der Waals surface area (Å²) >= 11 is 9.11. The van der Waals surface area contributed by atoms with Crippen LogP contribution in [-0.4, -0.2) is 16.7 Å². The van der Waals surface area contributed by atoms with Gasteiger partial charge in [0.05, 0.1) is 9.50 Å². The number of nitrogens with zero attached hydrogens (tertiary/aromatic N) is 1. The summed E-state index contributed by atoms with van der Waals surface area (Å²) in [4.78, 5) is 3.92. The predicted octanol–water partition coefficient (Wildman–Crippen LogP) is 2.03. The van der Waals surface area contributed by atoms with Gasteiger partial charge in [0.25, 0.3) is 0 Å². The Balaban J connectivity index is 2.96. The Labute approximate surface area is 78.3 Å². The van der Waals surface area contributed by atoms with Crippen LogP contribution in [0, 0.1) is 0 Å². The first kappa shape index (κ1) is 8.97. The second kappa shape index (κ2) is 4.04. The maximum absolute atomic E-state index is 8.63. The minimum absolute atomic E-state index is 0.0951. The Morgan fingerprint density at radius 3 is 2.91 bits per heavy atom. The highest BCUT2D eigenvalue weighted by Crippen LogP contribution is 2.24. The molecule has 0 aliphatic rings. The zero-order valence-corrected chi connectivity index (χ0v) is 8.06. The highest BCUT2D eigenvalue weighted by molar-refractivity contribution is 9.10. The zero-order chi connectivity index (χ0) is 8.27. The Bertz CT molecular complexity index is 254. The normalized spacial score (nSPS) is 10.1. The van der Waals surface area contributed by atoms with Gasteiger partial charge in [-0.25, -0.2) is 0 Å². The van der Waals surface area contributed by atoms with E-state index in [1.54, 1.807) is 12.4 Å². The molecule has 0 unspecified atom stereocenters. The van der Waals surface area contributed by atoms with Gasteiger partial charge in [0.2, 0.25) is 0 Å². The molecule has 1 aromatic rings. The molecule has 0 radical (unpaired) electrons. The van der Waals surface area contributed by atoms with Crippen molar-refractivity contribution in [1.29, 1.82) is 0 Å². The van der Waals surface area contributed by atoms with E-state index in [-0.39, 0.29) is 6.61 Å². The molecule has 0 spiro atoms. The van der Waals surface area contributed by atoms with Gasteiger partial charge in [-0.15, -0.1) is 0 Å².